The van der Waals surface area contributed by atoms with Gasteiger partial charge in [-0.3, -0.25) is 4.68 Å². The molecule has 1 aromatic carbocycles. The Balaban J connectivity index is 2.09. The van der Waals surface area contributed by atoms with Crippen molar-refractivity contribution in [2.24, 2.45) is 7.05 Å². The summed E-state index contributed by atoms with van der Waals surface area (Å²) in [5.74, 6) is 0. The molecule has 0 amide bonds. The van der Waals surface area contributed by atoms with E-state index in [2.05, 4.69) is 48.7 Å². The zero-order chi connectivity index (χ0) is 13.8. The molecule has 102 valence electrons. The van der Waals surface area contributed by atoms with Crippen LogP contribution in [0.5, 0.6) is 0 Å². The van der Waals surface area contributed by atoms with E-state index in [0.29, 0.717) is 6.04 Å². The Hall–Kier alpha value is -1.61. The SMILES string of the molecule is CNC(CCc1cnn(C)c1)c1cccc(C)c1C. The molecule has 0 saturated carbocycles. The minimum absolute atomic E-state index is 0.403. The van der Waals surface area contributed by atoms with Crippen molar-refractivity contribution in [3.63, 3.8) is 0 Å². The van der Waals surface area contributed by atoms with E-state index in [0.717, 1.165) is 12.8 Å². The largest absolute Gasteiger partial charge is 0.313 e. The van der Waals surface area contributed by atoms with Crippen LogP contribution in [-0.4, -0.2) is 16.8 Å². The summed E-state index contributed by atoms with van der Waals surface area (Å²) in [5, 5.41) is 7.66. The number of hydrogen-bond acceptors (Lipinski definition) is 2. The quantitative estimate of drug-likeness (QED) is 0.892. The van der Waals surface area contributed by atoms with Crippen molar-refractivity contribution in [2.45, 2.75) is 32.7 Å². The molecule has 3 heteroatoms. The van der Waals surface area contributed by atoms with Crippen LogP contribution in [0.1, 0.15) is 34.7 Å². The summed E-state index contributed by atoms with van der Waals surface area (Å²) in [6, 6.07) is 6.95. The van der Waals surface area contributed by atoms with Crippen LogP contribution in [0.25, 0.3) is 0 Å². The van der Waals surface area contributed by atoms with E-state index in [-0.39, 0.29) is 0 Å². The summed E-state index contributed by atoms with van der Waals surface area (Å²) >= 11 is 0. The second-order valence-corrected chi connectivity index (χ2v) is 5.19. The first-order chi connectivity index (χ1) is 9.11. The van der Waals surface area contributed by atoms with Gasteiger partial charge >= 0.3 is 0 Å². The van der Waals surface area contributed by atoms with E-state index in [1.807, 2.05) is 25.0 Å². The van der Waals surface area contributed by atoms with Crippen molar-refractivity contribution in [1.82, 2.24) is 15.1 Å². The lowest BCUT2D eigenvalue weighted by molar-refractivity contribution is 0.546. The Labute approximate surface area is 115 Å². The lowest BCUT2D eigenvalue weighted by Crippen LogP contribution is -2.18. The van der Waals surface area contributed by atoms with Crippen molar-refractivity contribution in [3.05, 3.63) is 52.8 Å². The minimum Gasteiger partial charge on any atom is -0.313 e. The molecule has 1 heterocycles. The van der Waals surface area contributed by atoms with Gasteiger partial charge in [0.2, 0.25) is 0 Å². The fourth-order valence-electron chi connectivity index (χ4n) is 2.52. The highest BCUT2D eigenvalue weighted by molar-refractivity contribution is 5.35. The number of rotatable bonds is 5. The third-order valence-corrected chi connectivity index (χ3v) is 3.85. The van der Waals surface area contributed by atoms with Crippen LogP contribution in [0.3, 0.4) is 0 Å². The average Bonchev–Trinajstić information content (AvgIpc) is 2.81. The molecule has 1 N–H and O–H groups in total. The topological polar surface area (TPSA) is 29.9 Å². The molecule has 1 aromatic heterocycles. The van der Waals surface area contributed by atoms with Crippen molar-refractivity contribution >= 4 is 0 Å². The van der Waals surface area contributed by atoms with E-state index in [1.165, 1.54) is 22.3 Å². The molecule has 1 atom stereocenters. The van der Waals surface area contributed by atoms with Crippen molar-refractivity contribution < 1.29 is 0 Å². The first-order valence-electron chi connectivity index (χ1n) is 6.82. The van der Waals surface area contributed by atoms with E-state index in [9.17, 15) is 0 Å². The maximum Gasteiger partial charge on any atom is 0.0521 e. The smallest absolute Gasteiger partial charge is 0.0521 e. The lowest BCUT2D eigenvalue weighted by Gasteiger charge is -2.19. The summed E-state index contributed by atoms with van der Waals surface area (Å²) in [6.45, 7) is 4.38. The molecule has 0 aliphatic carbocycles. The first-order valence-corrected chi connectivity index (χ1v) is 6.82. The molecule has 0 aliphatic heterocycles. The van der Waals surface area contributed by atoms with E-state index in [1.54, 1.807) is 0 Å². The molecule has 2 aromatic rings. The van der Waals surface area contributed by atoms with Crippen LogP contribution < -0.4 is 5.32 Å². The van der Waals surface area contributed by atoms with Crippen molar-refractivity contribution in [2.75, 3.05) is 7.05 Å². The molecule has 0 fully saturated rings. The predicted molar refractivity (Wildman–Crippen MR) is 79.2 cm³/mol. The molecule has 3 nitrogen and oxygen atoms in total. The number of aryl methyl sites for hydroxylation is 3. The second-order valence-electron chi connectivity index (χ2n) is 5.19. The van der Waals surface area contributed by atoms with Crippen LogP contribution >= 0.6 is 0 Å². The van der Waals surface area contributed by atoms with Crippen LogP contribution in [0, 0.1) is 13.8 Å². The van der Waals surface area contributed by atoms with Gasteiger partial charge in [-0.15, -0.1) is 0 Å². The van der Waals surface area contributed by atoms with Gasteiger partial charge in [0.25, 0.3) is 0 Å². The molecule has 0 spiro atoms. The zero-order valence-corrected chi connectivity index (χ0v) is 12.3. The monoisotopic (exact) mass is 257 g/mol. The Kier molecular flexibility index (Phi) is 4.38. The fourth-order valence-corrected chi connectivity index (χ4v) is 2.52. The van der Waals surface area contributed by atoms with Gasteiger partial charge < -0.3 is 5.32 Å². The normalized spacial score (nSPS) is 12.6. The fraction of sp³-hybridized carbons (Fsp3) is 0.438. The van der Waals surface area contributed by atoms with Crippen molar-refractivity contribution in [3.8, 4) is 0 Å². The van der Waals surface area contributed by atoms with E-state index in [4.69, 9.17) is 0 Å². The number of nitrogens with zero attached hydrogens (tertiary/aromatic N) is 2. The Morgan fingerprint density at radius 3 is 2.74 bits per heavy atom. The number of hydrogen-bond donors (Lipinski definition) is 1. The summed E-state index contributed by atoms with van der Waals surface area (Å²) in [7, 11) is 4.00. The zero-order valence-electron chi connectivity index (χ0n) is 12.3. The van der Waals surface area contributed by atoms with Gasteiger partial charge in [0.1, 0.15) is 0 Å². The van der Waals surface area contributed by atoms with Crippen LogP contribution in [0.4, 0.5) is 0 Å². The van der Waals surface area contributed by atoms with Gasteiger partial charge in [-0.1, -0.05) is 18.2 Å². The average molecular weight is 257 g/mol. The highest BCUT2D eigenvalue weighted by atomic mass is 15.2. The van der Waals surface area contributed by atoms with E-state index >= 15 is 0 Å². The van der Waals surface area contributed by atoms with Gasteiger partial charge in [-0.2, -0.15) is 5.10 Å². The van der Waals surface area contributed by atoms with Gasteiger partial charge in [0.15, 0.2) is 0 Å². The molecule has 19 heavy (non-hydrogen) atoms. The molecule has 0 radical (unpaired) electrons. The summed E-state index contributed by atoms with van der Waals surface area (Å²) < 4.78 is 1.86. The predicted octanol–water partition coefficient (Wildman–Crippen LogP) is 2.93. The minimum atomic E-state index is 0.403. The molecule has 0 saturated heterocycles. The highest BCUT2D eigenvalue weighted by Gasteiger charge is 2.13. The Bertz CT molecular complexity index is 543. The molecular weight excluding hydrogens is 234 g/mol. The van der Waals surface area contributed by atoms with Crippen LogP contribution in [0.15, 0.2) is 30.6 Å². The van der Waals surface area contributed by atoms with Crippen LogP contribution in [-0.2, 0) is 13.5 Å². The lowest BCUT2D eigenvalue weighted by atomic mass is 9.94. The molecular formula is C16H23N3. The van der Waals surface area contributed by atoms with Gasteiger partial charge in [0.05, 0.1) is 6.20 Å². The second kappa shape index (κ2) is 6.02. The maximum atomic E-state index is 4.22. The summed E-state index contributed by atoms with van der Waals surface area (Å²) in [6.07, 6.45) is 6.19. The first kappa shape index (κ1) is 13.8. The maximum absolute atomic E-state index is 4.22. The van der Waals surface area contributed by atoms with Gasteiger partial charge in [-0.25, -0.2) is 0 Å². The number of benzene rings is 1. The third-order valence-electron chi connectivity index (χ3n) is 3.85. The Morgan fingerprint density at radius 2 is 2.11 bits per heavy atom. The molecule has 2 rings (SSSR count). The van der Waals surface area contributed by atoms with Gasteiger partial charge in [0, 0.05) is 19.3 Å². The van der Waals surface area contributed by atoms with Gasteiger partial charge in [-0.05, 0) is 56.0 Å². The molecule has 1 unspecified atom stereocenters. The van der Waals surface area contributed by atoms with Crippen molar-refractivity contribution in [1.29, 1.82) is 0 Å². The standard InChI is InChI=1S/C16H23N3/c1-12-6-5-7-15(13(12)2)16(17-3)9-8-14-10-18-19(4)11-14/h5-7,10-11,16-17H,8-9H2,1-4H3. The summed E-state index contributed by atoms with van der Waals surface area (Å²) in [4.78, 5) is 0. The summed E-state index contributed by atoms with van der Waals surface area (Å²) in [5.41, 5.74) is 5.46. The highest BCUT2D eigenvalue weighted by Crippen LogP contribution is 2.24. The number of aromatic nitrogens is 2. The Morgan fingerprint density at radius 1 is 1.32 bits per heavy atom. The van der Waals surface area contributed by atoms with Crippen LogP contribution in [0.2, 0.25) is 0 Å². The molecule has 0 aliphatic rings. The number of nitrogens with one attached hydrogen (secondary N) is 1. The van der Waals surface area contributed by atoms with E-state index < -0.39 is 0 Å². The molecule has 0 bridgehead atoms. The third kappa shape index (κ3) is 3.24.